The maximum Gasteiger partial charge on any atom is 0.160 e. The lowest BCUT2D eigenvalue weighted by Gasteiger charge is -2.37. The van der Waals surface area contributed by atoms with Gasteiger partial charge in [0.15, 0.2) is 11.6 Å². The molecule has 0 bridgehead atoms. The second kappa shape index (κ2) is 6.89. The van der Waals surface area contributed by atoms with E-state index in [0.717, 1.165) is 37.4 Å². The topological polar surface area (TPSA) is 27.7 Å². The van der Waals surface area contributed by atoms with Crippen LogP contribution in [0.5, 0.6) is 0 Å². The number of hydrogen-bond acceptors (Lipinski definition) is 4. The molecule has 4 nitrogen and oxygen atoms in total. The Morgan fingerprint density at radius 1 is 1.05 bits per heavy atom. The van der Waals surface area contributed by atoms with Crippen LogP contribution in [0.2, 0.25) is 0 Å². The summed E-state index contributed by atoms with van der Waals surface area (Å²) < 4.78 is 32.9. The van der Waals surface area contributed by atoms with Crippen molar-refractivity contribution >= 4 is 5.69 Å². The molecule has 1 aromatic rings. The lowest BCUT2D eigenvalue weighted by molar-refractivity contribution is 0.122. The van der Waals surface area contributed by atoms with Gasteiger partial charge in [-0.2, -0.15) is 0 Å². The molecule has 2 aliphatic rings. The smallest absolute Gasteiger partial charge is 0.160 e. The highest BCUT2D eigenvalue weighted by atomic mass is 19.2. The van der Waals surface area contributed by atoms with Gasteiger partial charge in [-0.25, -0.2) is 8.78 Å². The molecule has 2 saturated heterocycles. The van der Waals surface area contributed by atoms with Gasteiger partial charge in [0.25, 0.3) is 0 Å². The Balaban J connectivity index is 1.91. The van der Waals surface area contributed by atoms with Crippen molar-refractivity contribution in [3.63, 3.8) is 0 Å². The number of piperazine rings is 1. The molecule has 0 radical (unpaired) electrons. The molecule has 6 heteroatoms. The monoisotopic (exact) mass is 311 g/mol. The van der Waals surface area contributed by atoms with Gasteiger partial charge < -0.3 is 15.0 Å². The number of morpholine rings is 1. The normalized spacial score (nSPS) is 21.9. The summed E-state index contributed by atoms with van der Waals surface area (Å²) in [6, 6.07) is 2.77. The minimum atomic E-state index is -0.780. The first-order valence-corrected chi connectivity index (χ1v) is 7.93. The van der Waals surface area contributed by atoms with Gasteiger partial charge >= 0.3 is 0 Å². The van der Waals surface area contributed by atoms with Gasteiger partial charge in [0.2, 0.25) is 0 Å². The van der Waals surface area contributed by atoms with Crippen molar-refractivity contribution in [2.24, 2.45) is 0 Å². The fourth-order valence-electron chi connectivity index (χ4n) is 3.23. The van der Waals surface area contributed by atoms with E-state index in [1.54, 1.807) is 0 Å². The molecule has 0 spiro atoms. The molecular weight excluding hydrogens is 288 g/mol. The van der Waals surface area contributed by atoms with Crippen molar-refractivity contribution in [2.45, 2.75) is 13.0 Å². The number of anilines is 1. The lowest BCUT2D eigenvalue weighted by Crippen LogP contribution is -2.45. The van der Waals surface area contributed by atoms with E-state index in [2.05, 4.69) is 22.0 Å². The average molecular weight is 311 g/mol. The molecule has 0 amide bonds. The number of halogens is 2. The van der Waals surface area contributed by atoms with Gasteiger partial charge in [-0.05, 0) is 18.6 Å². The zero-order chi connectivity index (χ0) is 15.5. The van der Waals surface area contributed by atoms with Crippen LogP contribution >= 0.6 is 0 Å². The SMILES string of the molecule is CC(c1cc(F)c(F)cc1N1CCOCC1)N1CCNCC1. The number of hydrogen-bond donors (Lipinski definition) is 1. The fraction of sp³-hybridized carbons (Fsp3) is 0.625. The molecule has 0 aromatic heterocycles. The van der Waals surface area contributed by atoms with E-state index in [4.69, 9.17) is 4.74 Å². The molecule has 3 rings (SSSR count). The van der Waals surface area contributed by atoms with Gasteiger partial charge in [0.05, 0.1) is 13.2 Å². The van der Waals surface area contributed by atoms with Crippen molar-refractivity contribution in [2.75, 3.05) is 57.4 Å². The zero-order valence-corrected chi connectivity index (χ0v) is 12.9. The molecule has 1 unspecified atom stereocenters. The van der Waals surface area contributed by atoms with E-state index in [0.29, 0.717) is 26.3 Å². The second-order valence-electron chi connectivity index (χ2n) is 5.89. The molecular formula is C16H23F2N3O. The molecule has 1 N–H and O–H groups in total. The zero-order valence-electron chi connectivity index (χ0n) is 12.9. The molecule has 0 aliphatic carbocycles. The summed E-state index contributed by atoms with van der Waals surface area (Å²) >= 11 is 0. The van der Waals surface area contributed by atoms with Crippen LogP contribution in [0.15, 0.2) is 12.1 Å². The van der Waals surface area contributed by atoms with Gasteiger partial charge in [-0.15, -0.1) is 0 Å². The highest BCUT2D eigenvalue weighted by Crippen LogP contribution is 2.32. The molecule has 2 aliphatic heterocycles. The van der Waals surface area contributed by atoms with Crippen LogP contribution in [-0.2, 0) is 4.74 Å². The van der Waals surface area contributed by atoms with Crippen LogP contribution in [0, 0.1) is 11.6 Å². The molecule has 22 heavy (non-hydrogen) atoms. The third kappa shape index (κ3) is 3.24. The molecule has 2 fully saturated rings. The predicted octanol–water partition coefficient (Wildman–Crippen LogP) is 1.77. The van der Waals surface area contributed by atoms with Gasteiger partial charge in [0.1, 0.15) is 0 Å². The van der Waals surface area contributed by atoms with Crippen molar-refractivity contribution in [1.29, 1.82) is 0 Å². The number of nitrogens with one attached hydrogen (secondary N) is 1. The first-order chi connectivity index (χ1) is 10.7. The van der Waals surface area contributed by atoms with Crippen LogP contribution in [0.4, 0.5) is 14.5 Å². The summed E-state index contributed by atoms with van der Waals surface area (Å²) in [5, 5.41) is 3.32. The molecule has 1 atom stereocenters. The van der Waals surface area contributed by atoms with Gasteiger partial charge in [-0.3, -0.25) is 4.90 Å². The van der Waals surface area contributed by atoms with E-state index in [1.807, 2.05) is 0 Å². The highest BCUT2D eigenvalue weighted by Gasteiger charge is 2.25. The van der Waals surface area contributed by atoms with Crippen molar-refractivity contribution in [1.82, 2.24) is 10.2 Å². The number of benzene rings is 1. The van der Waals surface area contributed by atoms with Crippen molar-refractivity contribution in [3.05, 3.63) is 29.3 Å². The average Bonchev–Trinajstić information content (AvgIpc) is 2.58. The Morgan fingerprint density at radius 2 is 1.68 bits per heavy atom. The van der Waals surface area contributed by atoms with Crippen molar-refractivity contribution in [3.8, 4) is 0 Å². The van der Waals surface area contributed by atoms with Crippen LogP contribution in [0.1, 0.15) is 18.5 Å². The van der Waals surface area contributed by atoms with E-state index in [1.165, 1.54) is 12.1 Å². The van der Waals surface area contributed by atoms with E-state index in [9.17, 15) is 8.78 Å². The molecule has 1 aromatic carbocycles. The molecule has 0 saturated carbocycles. The first kappa shape index (κ1) is 15.6. The number of nitrogens with zero attached hydrogens (tertiary/aromatic N) is 2. The molecule has 122 valence electrons. The maximum atomic E-state index is 13.8. The minimum Gasteiger partial charge on any atom is -0.378 e. The van der Waals surface area contributed by atoms with Gasteiger partial charge in [0, 0.05) is 57.1 Å². The lowest BCUT2D eigenvalue weighted by atomic mass is 10.0. The van der Waals surface area contributed by atoms with Crippen LogP contribution < -0.4 is 10.2 Å². The van der Waals surface area contributed by atoms with E-state index < -0.39 is 11.6 Å². The summed E-state index contributed by atoms with van der Waals surface area (Å²) in [6.07, 6.45) is 0. The first-order valence-electron chi connectivity index (χ1n) is 7.93. The third-order valence-corrected chi connectivity index (χ3v) is 4.57. The predicted molar refractivity (Wildman–Crippen MR) is 82.2 cm³/mol. The fourth-order valence-corrected chi connectivity index (χ4v) is 3.23. The second-order valence-corrected chi connectivity index (χ2v) is 5.89. The maximum absolute atomic E-state index is 13.8. The van der Waals surface area contributed by atoms with Crippen LogP contribution in [0.3, 0.4) is 0 Å². The van der Waals surface area contributed by atoms with Crippen LogP contribution in [-0.4, -0.2) is 57.4 Å². The Bertz CT molecular complexity index is 514. The third-order valence-electron chi connectivity index (χ3n) is 4.57. The van der Waals surface area contributed by atoms with Crippen LogP contribution in [0.25, 0.3) is 0 Å². The van der Waals surface area contributed by atoms with E-state index in [-0.39, 0.29) is 6.04 Å². The summed E-state index contributed by atoms with van der Waals surface area (Å²) in [5.41, 5.74) is 1.66. The number of rotatable bonds is 3. The standard InChI is InChI=1S/C16H23F2N3O/c1-12(20-4-2-19-3-5-20)13-10-14(17)15(18)11-16(13)21-6-8-22-9-7-21/h10-12,19H,2-9H2,1H3. The quantitative estimate of drug-likeness (QED) is 0.921. The summed E-state index contributed by atoms with van der Waals surface area (Å²) in [5.74, 6) is -1.55. The summed E-state index contributed by atoms with van der Waals surface area (Å²) in [7, 11) is 0. The Morgan fingerprint density at radius 3 is 2.36 bits per heavy atom. The number of ether oxygens (including phenoxy) is 1. The summed E-state index contributed by atoms with van der Waals surface area (Å²) in [6.45, 7) is 8.45. The Labute approximate surface area is 130 Å². The van der Waals surface area contributed by atoms with E-state index >= 15 is 0 Å². The Kier molecular flexibility index (Phi) is 4.90. The largest absolute Gasteiger partial charge is 0.378 e. The Hall–Kier alpha value is -1.24. The highest BCUT2D eigenvalue weighted by molar-refractivity contribution is 5.56. The summed E-state index contributed by atoms with van der Waals surface area (Å²) in [4.78, 5) is 4.41. The van der Waals surface area contributed by atoms with Crippen molar-refractivity contribution < 1.29 is 13.5 Å². The minimum absolute atomic E-state index is 0.0649. The van der Waals surface area contributed by atoms with Gasteiger partial charge in [-0.1, -0.05) is 0 Å². The molecule has 2 heterocycles.